The number of fused-ring (bicyclic) bond motifs is 6. The number of nitrogens with zero attached hydrogens (tertiary/aromatic N) is 3. The smallest absolute Gasteiger partial charge is 0.160 e. The van der Waals surface area contributed by atoms with Crippen molar-refractivity contribution >= 4 is 43.6 Å². The molecule has 3 aromatic heterocycles. The Morgan fingerprint density at radius 1 is 0.316 bits per heavy atom. The molecule has 0 bridgehead atoms. The first-order chi connectivity index (χ1) is 28.2. The Morgan fingerprint density at radius 2 is 0.825 bits per heavy atom. The minimum absolute atomic E-state index is 0.694. The van der Waals surface area contributed by atoms with Gasteiger partial charge in [0, 0.05) is 54.7 Å². The molecule has 0 amide bonds. The van der Waals surface area contributed by atoms with E-state index in [9.17, 15) is 0 Å². The van der Waals surface area contributed by atoms with Crippen LogP contribution in [0.1, 0.15) is 0 Å². The van der Waals surface area contributed by atoms with Gasteiger partial charge in [-0.2, -0.15) is 0 Å². The van der Waals surface area contributed by atoms with Crippen molar-refractivity contribution < 1.29 is 4.42 Å². The molecular weight excluding hydrogens is 695 g/mol. The average Bonchev–Trinajstić information content (AvgIpc) is 3.67. The third-order valence-electron chi connectivity index (χ3n) is 10.9. The van der Waals surface area contributed by atoms with E-state index in [1.807, 2.05) is 48.5 Å². The second-order valence-electron chi connectivity index (χ2n) is 14.3. The van der Waals surface area contributed by atoms with Crippen LogP contribution in [0, 0.1) is 0 Å². The highest BCUT2D eigenvalue weighted by atomic mass is 16.3. The average molecular weight is 728 g/mol. The Kier molecular flexibility index (Phi) is 7.78. The van der Waals surface area contributed by atoms with Crippen molar-refractivity contribution in [2.45, 2.75) is 0 Å². The molecule has 4 nitrogen and oxygen atoms in total. The number of furan rings is 1. The molecule has 0 unspecified atom stereocenters. The van der Waals surface area contributed by atoms with Gasteiger partial charge in [-0.15, -0.1) is 0 Å². The SMILES string of the molecule is c1ccc(-c2ccc(-c3nc4ccccc4c4c(-c5ccc(-c6cc(-c7ccccc7)nc(-c7ccccc7)n6)cc5)c5c(cc34)oc3ccccc35)cc2)cc1. The number of benzene rings is 8. The molecule has 0 aliphatic rings. The van der Waals surface area contributed by atoms with E-state index in [-0.39, 0.29) is 0 Å². The van der Waals surface area contributed by atoms with Gasteiger partial charge in [0.15, 0.2) is 5.82 Å². The summed E-state index contributed by atoms with van der Waals surface area (Å²) in [4.78, 5) is 15.5. The van der Waals surface area contributed by atoms with E-state index in [0.717, 1.165) is 94.1 Å². The third-order valence-corrected chi connectivity index (χ3v) is 10.9. The van der Waals surface area contributed by atoms with Crippen LogP contribution in [0.25, 0.3) is 111 Å². The molecule has 0 saturated heterocycles. The number of para-hydroxylation sites is 2. The second kappa shape index (κ2) is 13.6. The Balaban J connectivity index is 1.14. The van der Waals surface area contributed by atoms with Gasteiger partial charge in [-0.25, -0.2) is 15.0 Å². The lowest BCUT2D eigenvalue weighted by atomic mass is 9.89. The zero-order valence-electron chi connectivity index (χ0n) is 30.8. The quantitative estimate of drug-likeness (QED) is 0.160. The van der Waals surface area contributed by atoms with Crippen LogP contribution in [-0.2, 0) is 0 Å². The van der Waals surface area contributed by atoms with Gasteiger partial charge in [0.2, 0.25) is 0 Å². The second-order valence-corrected chi connectivity index (χ2v) is 14.3. The molecule has 0 radical (unpaired) electrons. The van der Waals surface area contributed by atoms with Crippen LogP contribution in [0.2, 0.25) is 0 Å². The predicted octanol–water partition coefficient (Wildman–Crippen LogP) is 14.1. The van der Waals surface area contributed by atoms with Crippen molar-refractivity contribution in [2.24, 2.45) is 0 Å². The number of pyridine rings is 1. The van der Waals surface area contributed by atoms with Crippen LogP contribution in [0.4, 0.5) is 0 Å². The van der Waals surface area contributed by atoms with Crippen LogP contribution < -0.4 is 0 Å². The van der Waals surface area contributed by atoms with E-state index in [2.05, 4.69) is 152 Å². The summed E-state index contributed by atoms with van der Waals surface area (Å²) in [6.45, 7) is 0. The minimum Gasteiger partial charge on any atom is -0.456 e. The lowest BCUT2D eigenvalue weighted by Gasteiger charge is -2.16. The lowest BCUT2D eigenvalue weighted by molar-refractivity contribution is 0.669. The molecule has 11 aromatic rings. The maximum atomic E-state index is 6.66. The van der Waals surface area contributed by atoms with Crippen LogP contribution in [-0.4, -0.2) is 15.0 Å². The van der Waals surface area contributed by atoms with Crippen molar-refractivity contribution in [2.75, 3.05) is 0 Å². The molecule has 0 atom stereocenters. The summed E-state index contributed by atoms with van der Waals surface area (Å²) < 4.78 is 6.66. The highest BCUT2D eigenvalue weighted by molar-refractivity contribution is 6.27. The molecule has 8 aromatic carbocycles. The van der Waals surface area contributed by atoms with Gasteiger partial charge in [-0.3, -0.25) is 0 Å². The van der Waals surface area contributed by atoms with E-state index in [0.29, 0.717) is 5.82 Å². The first-order valence-electron chi connectivity index (χ1n) is 19.2. The van der Waals surface area contributed by atoms with Crippen LogP contribution in [0.15, 0.2) is 205 Å². The molecule has 57 heavy (non-hydrogen) atoms. The van der Waals surface area contributed by atoms with Gasteiger partial charge in [-0.1, -0.05) is 176 Å². The highest BCUT2D eigenvalue weighted by Crippen LogP contribution is 2.46. The molecule has 0 fully saturated rings. The normalized spacial score (nSPS) is 11.5. The molecule has 266 valence electrons. The summed E-state index contributed by atoms with van der Waals surface area (Å²) in [5.41, 5.74) is 13.9. The number of rotatable bonds is 6. The molecule has 0 aliphatic heterocycles. The Hall–Kier alpha value is -7.69. The summed E-state index contributed by atoms with van der Waals surface area (Å²) in [5, 5.41) is 5.46. The summed E-state index contributed by atoms with van der Waals surface area (Å²) in [5.74, 6) is 0.694. The molecule has 0 spiro atoms. The zero-order valence-corrected chi connectivity index (χ0v) is 30.8. The van der Waals surface area contributed by atoms with Gasteiger partial charge in [-0.05, 0) is 41.0 Å². The molecule has 11 rings (SSSR count). The number of hydrogen-bond acceptors (Lipinski definition) is 4. The van der Waals surface area contributed by atoms with Crippen molar-refractivity contribution in [1.29, 1.82) is 0 Å². The maximum absolute atomic E-state index is 6.66. The van der Waals surface area contributed by atoms with Crippen molar-refractivity contribution in [3.05, 3.63) is 200 Å². The Bertz CT molecular complexity index is 3190. The van der Waals surface area contributed by atoms with Crippen molar-refractivity contribution in [3.63, 3.8) is 0 Å². The van der Waals surface area contributed by atoms with Gasteiger partial charge in [0.05, 0.1) is 22.6 Å². The fraction of sp³-hybridized carbons (Fsp3) is 0. The predicted molar refractivity (Wildman–Crippen MR) is 235 cm³/mol. The Labute approximate surface area is 329 Å². The van der Waals surface area contributed by atoms with E-state index in [4.69, 9.17) is 19.4 Å². The molecule has 0 saturated carbocycles. The van der Waals surface area contributed by atoms with E-state index in [1.165, 1.54) is 11.1 Å². The first kappa shape index (κ1) is 32.7. The lowest BCUT2D eigenvalue weighted by Crippen LogP contribution is -1.96. The highest BCUT2D eigenvalue weighted by Gasteiger charge is 2.22. The molecule has 4 heteroatoms. The van der Waals surface area contributed by atoms with Crippen LogP contribution in [0.5, 0.6) is 0 Å². The van der Waals surface area contributed by atoms with Crippen LogP contribution in [0.3, 0.4) is 0 Å². The summed E-state index contributed by atoms with van der Waals surface area (Å²) >= 11 is 0. The monoisotopic (exact) mass is 727 g/mol. The Morgan fingerprint density at radius 3 is 1.53 bits per heavy atom. The molecular formula is C53H33N3O. The summed E-state index contributed by atoms with van der Waals surface area (Å²) in [6.07, 6.45) is 0. The third kappa shape index (κ3) is 5.74. The minimum atomic E-state index is 0.694. The first-order valence-corrected chi connectivity index (χ1v) is 19.2. The maximum Gasteiger partial charge on any atom is 0.160 e. The topological polar surface area (TPSA) is 51.8 Å². The van der Waals surface area contributed by atoms with Gasteiger partial charge in [0.1, 0.15) is 11.2 Å². The van der Waals surface area contributed by atoms with Gasteiger partial charge in [0.25, 0.3) is 0 Å². The summed E-state index contributed by atoms with van der Waals surface area (Å²) in [7, 11) is 0. The fourth-order valence-corrected chi connectivity index (χ4v) is 8.15. The zero-order chi connectivity index (χ0) is 37.7. The van der Waals surface area contributed by atoms with Crippen LogP contribution >= 0.6 is 0 Å². The van der Waals surface area contributed by atoms with E-state index < -0.39 is 0 Å². The van der Waals surface area contributed by atoms with Gasteiger partial charge >= 0.3 is 0 Å². The van der Waals surface area contributed by atoms with E-state index in [1.54, 1.807) is 0 Å². The number of aromatic nitrogens is 3. The van der Waals surface area contributed by atoms with E-state index >= 15 is 0 Å². The van der Waals surface area contributed by atoms with Crippen molar-refractivity contribution in [3.8, 4) is 67.4 Å². The van der Waals surface area contributed by atoms with Gasteiger partial charge < -0.3 is 4.42 Å². The van der Waals surface area contributed by atoms with Crippen molar-refractivity contribution in [1.82, 2.24) is 15.0 Å². The number of hydrogen-bond donors (Lipinski definition) is 0. The summed E-state index contributed by atoms with van der Waals surface area (Å²) in [6, 6.07) is 69.6. The molecule has 3 heterocycles. The molecule has 0 N–H and O–H groups in total. The standard InChI is InChI=1S/C53H33N3O/c1-4-14-34(15-5-1)35-24-30-39(31-25-35)52-43-32-48-51(42-21-11-13-23-47(42)57-48)49(50(43)41-20-10-12-22-44(41)54-52)38-28-26-37(27-29-38)46-33-45(36-16-6-2-7-17-36)55-53(56-46)40-18-8-3-9-19-40/h1-33H. The molecule has 0 aliphatic carbocycles. The largest absolute Gasteiger partial charge is 0.456 e. The fourth-order valence-electron chi connectivity index (χ4n) is 8.15.